The van der Waals surface area contributed by atoms with E-state index in [0.29, 0.717) is 16.6 Å². The van der Waals surface area contributed by atoms with Crippen molar-refractivity contribution in [2.45, 2.75) is 18.0 Å². The molecular weight excluding hydrogens is 349 g/mol. The molecule has 2 aromatic carbocycles. The summed E-state index contributed by atoms with van der Waals surface area (Å²) in [4.78, 5) is 18.9. The van der Waals surface area contributed by atoms with E-state index in [-0.39, 0.29) is 11.7 Å². The topological polar surface area (TPSA) is 38.1 Å². The van der Waals surface area contributed by atoms with Crippen LogP contribution in [0.25, 0.3) is 5.69 Å². The Hall–Kier alpha value is -2.60. The third kappa shape index (κ3) is 3.37. The van der Waals surface area contributed by atoms with E-state index in [1.54, 1.807) is 23.0 Å². The minimum atomic E-state index is -0.298. The van der Waals surface area contributed by atoms with Crippen molar-refractivity contribution in [3.63, 3.8) is 0 Å². The van der Waals surface area contributed by atoms with E-state index in [0.717, 1.165) is 25.1 Å². The molecule has 0 unspecified atom stereocenters. The number of nitrogens with zero attached hydrogens (tertiary/aromatic N) is 3. The Kier molecular flexibility index (Phi) is 4.75. The molecular formula is C20H18FN3OS. The number of hydrogen-bond acceptors (Lipinski definition) is 3. The zero-order valence-corrected chi connectivity index (χ0v) is 15.0. The number of fused-ring (bicyclic) bond motifs is 1. The Bertz CT molecular complexity index is 940. The van der Waals surface area contributed by atoms with Gasteiger partial charge in [0.1, 0.15) is 5.82 Å². The predicted octanol–water partition coefficient (Wildman–Crippen LogP) is 4.08. The fraction of sp³-hybridized carbons (Fsp3) is 0.200. The number of amides is 1. The molecule has 0 fully saturated rings. The van der Waals surface area contributed by atoms with Crippen LogP contribution in [0.5, 0.6) is 0 Å². The average Bonchev–Trinajstić information content (AvgIpc) is 3.14. The van der Waals surface area contributed by atoms with E-state index in [1.165, 1.54) is 29.5 Å². The molecule has 132 valence electrons. The number of rotatable bonds is 4. The molecule has 1 aromatic heterocycles. The van der Waals surface area contributed by atoms with Gasteiger partial charge in [-0.05, 0) is 42.7 Å². The van der Waals surface area contributed by atoms with Crippen LogP contribution in [0.15, 0.2) is 66.1 Å². The van der Waals surface area contributed by atoms with E-state index in [4.69, 9.17) is 0 Å². The summed E-state index contributed by atoms with van der Waals surface area (Å²) >= 11 is 1.37. The minimum Gasteiger partial charge on any atom is -0.311 e. The van der Waals surface area contributed by atoms with Gasteiger partial charge in [-0.3, -0.25) is 9.36 Å². The molecule has 0 bridgehead atoms. The van der Waals surface area contributed by atoms with Gasteiger partial charge in [0.25, 0.3) is 0 Å². The molecule has 0 atom stereocenters. The number of thioether (sulfide) groups is 1. The molecule has 0 N–H and O–H groups in total. The number of anilines is 1. The molecule has 3 aromatic rings. The maximum Gasteiger partial charge on any atom is 0.237 e. The smallest absolute Gasteiger partial charge is 0.237 e. The van der Waals surface area contributed by atoms with Crippen molar-refractivity contribution >= 4 is 23.4 Å². The van der Waals surface area contributed by atoms with Crippen molar-refractivity contribution in [3.05, 3.63) is 72.3 Å². The second kappa shape index (κ2) is 7.33. The molecule has 1 aliphatic rings. The number of hydrogen-bond donors (Lipinski definition) is 0. The van der Waals surface area contributed by atoms with E-state index in [1.807, 2.05) is 29.2 Å². The number of carbonyl (C=O) groups excluding carboxylic acids is 1. The van der Waals surface area contributed by atoms with Crippen molar-refractivity contribution in [2.75, 3.05) is 17.2 Å². The lowest BCUT2D eigenvalue weighted by Gasteiger charge is -2.29. The highest BCUT2D eigenvalue weighted by molar-refractivity contribution is 7.99. The number of halogens is 1. The van der Waals surface area contributed by atoms with Crippen LogP contribution in [0.2, 0.25) is 0 Å². The molecule has 6 heteroatoms. The zero-order chi connectivity index (χ0) is 17.9. The van der Waals surface area contributed by atoms with Gasteiger partial charge in [0.15, 0.2) is 5.16 Å². The van der Waals surface area contributed by atoms with Crippen LogP contribution >= 0.6 is 11.8 Å². The van der Waals surface area contributed by atoms with Gasteiger partial charge in [0.2, 0.25) is 5.91 Å². The van der Waals surface area contributed by atoms with Crippen LogP contribution in [-0.2, 0) is 11.2 Å². The Balaban J connectivity index is 1.49. The molecule has 4 rings (SSSR count). The monoisotopic (exact) mass is 367 g/mol. The Labute approximate surface area is 155 Å². The van der Waals surface area contributed by atoms with Gasteiger partial charge in [0.05, 0.1) is 11.4 Å². The van der Waals surface area contributed by atoms with Gasteiger partial charge in [-0.25, -0.2) is 9.37 Å². The Morgan fingerprint density at radius 3 is 2.96 bits per heavy atom. The SMILES string of the molecule is O=C(CSc1nccn1-c1cccc(F)c1)N1CCCc2ccccc21. The van der Waals surface area contributed by atoms with Crippen molar-refractivity contribution in [1.29, 1.82) is 0 Å². The first-order chi connectivity index (χ1) is 12.7. The molecule has 2 heterocycles. The lowest BCUT2D eigenvalue weighted by atomic mass is 10.0. The number of aromatic nitrogens is 2. The first-order valence-corrected chi connectivity index (χ1v) is 9.51. The zero-order valence-electron chi connectivity index (χ0n) is 14.1. The quantitative estimate of drug-likeness (QED) is 0.652. The summed E-state index contributed by atoms with van der Waals surface area (Å²) < 4.78 is 15.3. The molecule has 0 radical (unpaired) electrons. The van der Waals surface area contributed by atoms with Crippen molar-refractivity contribution in [3.8, 4) is 5.69 Å². The van der Waals surface area contributed by atoms with Gasteiger partial charge >= 0.3 is 0 Å². The van der Waals surface area contributed by atoms with Crippen LogP contribution in [0, 0.1) is 5.82 Å². The summed E-state index contributed by atoms with van der Waals surface area (Å²) in [5.41, 5.74) is 2.93. The summed E-state index contributed by atoms with van der Waals surface area (Å²) in [6, 6.07) is 14.4. The Morgan fingerprint density at radius 2 is 2.08 bits per heavy atom. The van der Waals surface area contributed by atoms with Gasteiger partial charge in [-0.2, -0.15) is 0 Å². The highest BCUT2D eigenvalue weighted by atomic mass is 32.2. The van der Waals surface area contributed by atoms with Crippen LogP contribution in [-0.4, -0.2) is 27.8 Å². The van der Waals surface area contributed by atoms with Crippen molar-refractivity contribution < 1.29 is 9.18 Å². The highest BCUT2D eigenvalue weighted by Crippen LogP contribution is 2.28. The lowest BCUT2D eigenvalue weighted by Crippen LogP contribution is -2.36. The first kappa shape index (κ1) is 16.8. The number of benzene rings is 2. The normalized spacial score (nSPS) is 13.5. The van der Waals surface area contributed by atoms with Gasteiger partial charge in [-0.1, -0.05) is 36.0 Å². The van der Waals surface area contributed by atoms with Crippen molar-refractivity contribution in [2.24, 2.45) is 0 Å². The maximum atomic E-state index is 13.5. The third-order valence-corrected chi connectivity index (χ3v) is 5.38. The number of aryl methyl sites for hydroxylation is 1. The second-order valence-corrected chi connectivity index (χ2v) is 7.07. The van der Waals surface area contributed by atoms with E-state index in [2.05, 4.69) is 11.1 Å². The predicted molar refractivity (Wildman–Crippen MR) is 101 cm³/mol. The van der Waals surface area contributed by atoms with Crippen LogP contribution in [0.3, 0.4) is 0 Å². The summed E-state index contributed by atoms with van der Waals surface area (Å²) in [7, 11) is 0. The number of para-hydroxylation sites is 1. The highest BCUT2D eigenvalue weighted by Gasteiger charge is 2.22. The van der Waals surface area contributed by atoms with Crippen LogP contribution in [0.4, 0.5) is 10.1 Å². The van der Waals surface area contributed by atoms with E-state index >= 15 is 0 Å². The summed E-state index contributed by atoms with van der Waals surface area (Å²) in [5.74, 6) is 0.0600. The van der Waals surface area contributed by atoms with Gasteiger partial charge < -0.3 is 4.90 Å². The first-order valence-electron chi connectivity index (χ1n) is 8.53. The molecule has 4 nitrogen and oxygen atoms in total. The fourth-order valence-electron chi connectivity index (χ4n) is 3.22. The fourth-order valence-corrected chi connectivity index (χ4v) is 4.07. The van der Waals surface area contributed by atoms with E-state index < -0.39 is 0 Å². The number of carbonyl (C=O) groups is 1. The molecule has 0 aliphatic carbocycles. The molecule has 1 amide bonds. The van der Waals surface area contributed by atoms with Crippen molar-refractivity contribution in [1.82, 2.24) is 9.55 Å². The largest absolute Gasteiger partial charge is 0.311 e. The Morgan fingerprint density at radius 1 is 1.19 bits per heavy atom. The summed E-state index contributed by atoms with van der Waals surface area (Å²) in [5, 5.41) is 0.675. The molecule has 0 saturated heterocycles. The third-order valence-electron chi connectivity index (χ3n) is 4.43. The molecule has 0 saturated carbocycles. The summed E-state index contributed by atoms with van der Waals surface area (Å²) in [6.07, 6.45) is 5.42. The van der Waals surface area contributed by atoms with Gasteiger partial charge in [0, 0.05) is 24.6 Å². The molecule has 1 aliphatic heterocycles. The second-order valence-electron chi connectivity index (χ2n) is 6.13. The number of imidazole rings is 1. The van der Waals surface area contributed by atoms with Crippen LogP contribution < -0.4 is 4.90 Å². The molecule has 26 heavy (non-hydrogen) atoms. The standard InChI is InChI=1S/C20H18FN3OS/c21-16-7-3-8-17(13-16)23-12-10-22-20(23)26-14-19(25)24-11-4-6-15-5-1-2-9-18(15)24/h1-3,5,7-10,12-13H,4,6,11,14H2. The van der Waals surface area contributed by atoms with Gasteiger partial charge in [-0.15, -0.1) is 0 Å². The maximum absolute atomic E-state index is 13.5. The van der Waals surface area contributed by atoms with Crippen LogP contribution in [0.1, 0.15) is 12.0 Å². The molecule has 0 spiro atoms. The minimum absolute atomic E-state index is 0.0657. The van der Waals surface area contributed by atoms with E-state index in [9.17, 15) is 9.18 Å². The average molecular weight is 367 g/mol. The lowest BCUT2D eigenvalue weighted by molar-refractivity contribution is -0.116. The summed E-state index contributed by atoms with van der Waals surface area (Å²) in [6.45, 7) is 0.745.